The van der Waals surface area contributed by atoms with Gasteiger partial charge in [-0.15, -0.1) is 0 Å². The van der Waals surface area contributed by atoms with Gasteiger partial charge in [0, 0.05) is 42.5 Å². The second kappa shape index (κ2) is 9.69. The first-order chi connectivity index (χ1) is 14.7. The van der Waals surface area contributed by atoms with Crippen molar-refractivity contribution in [1.82, 2.24) is 9.55 Å². The molecule has 1 aliphatic heterocycles. The molecule has 1 aromatic heterocycles. The molecule has 0 atom stereocenters. The summed E-state index contributed by atoms with van der Waals surface area (Å²) in [5.74, 6) is 1.01. The second-order valence-corrected chi connectivity index (χ2v) is 7.70. The number of methoxy groups -OCH3 is 1. The summed E-state index contributed by atoms with van der Waals surface area (Å²) >= 11 is 1.40. The molecular formula is C22H24N4O3S. The van der Waals surface area contributed by atoms with E-state index < -0.39 is 0 Å². The first-order valence-corrected chi connectivity index (χ1v) is 10.7. The van der Waals surface area contributed by atoms with E-state index in [9.17, 15) is 4.79 Å². The summed E-state index contributed by atoms with van der Waals surface area (Å²) in [5, 5.41) is 3.71. The zero-order chi connectivity index (χ0) is 20.8. The number of hydrogen-bond donors (Lipinski definition) is 1. The minimum absolute atomic E-state index is 0.0663. The maximum absolute atomic E-state index is 12.4. The molecule has 0 saturated carbocycles. The Labute approximate surface area is 180 Å². The molecule has 1 aliphatic rings. The Hall–Kier alpha value is -2.97. The molecule has 4 rings (SSSR count). The number of hydrogen-bond acceptors (Lipinski definition) is 6. The molecule has 1 N–H and O–H groups in total. The van der Waals surface area contributed by atoms with Crippen molar-refractivity contribution in [3.63, 3.8) is 0 Å². The number of rotatable bonds is 7. The summed E-state index contributed by atoms with van der Waals surface area (Å²) in [4.78, 5) is 19.1. The molecule has 0 aliphatic carbocycles. The Balaban J connectivity index is 1.32. The molecule has 0 bridgehead atoms. The minimum Gasteiger partial charge on any atom is -0.497 e. The lowest BCUT2D eigenvalue weighted by Gasteiger charge is -2.28. The van der Waals surface area contributed by atoms with Gasteiger partial charge in [-0.1, -0.05) is 11.8 Å². The van der Waals surface area contributed by atoms with Gasteiger partial charge in [-0.25, -0.2) is 4.98 Å². The van der Waals surface area contributed by atoms with Crippen molar-refractivity contribution in [1.29, 1.82) is 0 Å². The van der Waals surface area contributed by atoms with Crippen LogP contribution in [0.15, 0.2) is 66.1 Å². The molecule has 1 amide bonds. The van der Waals surface area contributed by atoms with Crippen molar-refractivity contribution < 1.29 is 14.3 Å². The van der Waals surface area contributed by atoms with Gasteiger partial charge in [-0.2, -0.15) is 0 Å². The van der Waals surface area contributed by atoms with Crippen LogP contribution in [0.3, 0.4) is 0 Å². The standard InChI is InChI=1S/C22H24N4O3S/c1-28-20-8-6-19(7-9-20)26-11-10-23-22(26)30-16-21(27)24-17-2-4-18(5-3-17)25-12-14-29-15-13-25/h2-11H,12-16H2,1H3,(H,24,27). The zero-order valence-electron chi connectivity index (χ0n) is 16.8. The molecule has 1 saturated heterocycles. The van der Waals surface area contributed by atoms with Gasteiger partial charge in [0.25, 0.3) is 0 Å². The SMILES string of the molecule is COc1ccc(-n2ccnc2SCC(=O)Nc2ccc(N3CCOCC3)cc2)cc1. The third-order valence-electron chi connectivity index (χ3n) is 4.82. The van der Waals surface area contributed by atoms with E-state index in [4.69, 9.17) is 9.47 Å². The lowest BCUT2D eigenvalue weighted by atomic mass is 10.2. The van der Waals surface area contributed by atoms with Crippen molar-refractivity contribution >= 4 is 29.0 Å². The van der Waals surface area contributed by atoms with Crippen LogP contribution < -0.4 is 15.0 Å². The van der Waals surface area contributed by atoms with E-state index in [0.717, 1.165) is 54.3 Å². The largest absolute Gasteiger partial charge is 0.497 e. The van der Waals surface area contributed by atoms with E-state index in [-0.39, 0.29) is 11.7 Å². The number of amides is 1. The highest BCUT2D eigenvalue weighted by molar-refractivity contribution is 7.99. The molecule has 0 unspecified atom stereocenters. The Kier molecular flexibility index (Phi) is 6.56. The molecule has 3 aromatic rings. The lowest BCUT2D eigenvalue weighted by molar-refractivity contribution is -0.113. The predicted molar refractivity (Wildman–Crippen MR) is 119 cm³/mol. The fourth-order valence-corrected chi connectivity index (χ4v) is 4.01. The number of imidazole rings is 1. The molecule has 156 valence electrons. The van der Waals surface area contributed by atoms with E-state index in [0.29, 0.717) is 0 Å². The van der Waals surface area contributed by atoms with E-state index in [2.05, 4.69) is 15.2 Å². The topological polar surface area (TPSA) is 68.6 Å². The number of nitrogens with one attached hydrogen (secondary N) is 1. The fourth-order valence-electron chi connectivity index (χ4n) is 3.24. The number of thioether (sulfide) groups is 1. The summed E-state index contributed by atoms with van der Waals surface area (Å²) in [7, 11) is 1.64. The monoisotopic (exact) mass is 424 g/mol. The first-order valence-electron chi connectivity index (χ1n) is 9.76. The third-order valence-corrected chi connectivity index (χ3v) is 5.78. The van der Waals surface area contributed by atoms with Crippen LogP contribution in [-0.4, -0.2) is 54.6 Å². The minimum atomic E-state index is -0.0663. The van der Waals surface area contributed by atoms with Crippen LogP contribution in [0.25, 0.3) is 5.69 Å². The summed E-state index contributed by atoms with van der Waals surface area (Å²) in [6, 6.07) is 15.7. The van der Waals surface area contributed by atoms with Crippen LogP contribution in [0.5, 0.6) is 5.75 Å². The van der Waals surface area contributed by atoms with Gasteiger partial charge in [0.15, 0.2) is 5.16 Å². The van der Waals surface area contributed by atoms with Gasteiger partial charge >= 0.3 is 0 Å². The van der Waals surface area contributed by atoms with Gasteiger partial charge < -0.3 is 19.7 Å². The van der Waals surface area contributed by atoms with Crippen LogP contribution in [-0.2, 0) is 9.53 Å². The highest BCUT2D eigenvalue weighted by Crippen LogP contribution is 2.23. The van der Waals surface area contributed by atoms with Crippen molar-refractivity contribution in [2.24, 2.45) is 0 Å². The van der Waals surface area contributed by atoms with Gasteiger partial charge in [-0.05, 0) is 48.5 Å². The van der Waals surface area contributed by atoms with Crippen molar-refractivity contribution in [3.8, 4) is 11.4 Å². The molecule has 8 heteroatoms. The smallest absolute Gasteiger partial charge is 0.234 e. The van der Waals surface area contributed by atoms with Gasteiger partial charge in [-0.3, -0.25) is 9.36 Å². The number of morpholine rings is 1. The Morgan fingerprint density at radius 3 is 2.50 bits per heavy atom. The van der Waals surface area contributed by atoms with Crippen molar-refractivity contribution in [2.45, 2.75) is 5.16 Å². The van der Waals surface area contributed by atoms with Crippen LogP contribution in [0, 0.1) is 0 Å². The molecule has 0 radical (unpaired) electrons. The number of nitrogens with zero attached hydrogens (tertiary/aromatic N) is 3. The average Bonchev–Trinajstić information content (AvgIpc) is 3.27. The second-order valence-electron chi connectivity index (χ2n) is 6.76. The predicted octanol–water partition coefficient (Wildman–Crippen LogP) is 3.45. The lowest BCUT2D eigenvalue weighted by Crippen LogP contribution is -2.36. The number of anilines is 2. The number of benzene rings is 2. The Morgan fingerprint density at radius 2 is 1.80 bits per heavy atom. The number of ether oxygens (including phenoxy) is 2. The summed E-state index contributed by atoms with van der Waals surface area (Å²) in [6.45, 7) is 3.29. The van der Waals surface area contributed by atoms with E-state index in [1.807, 2.05) is 59.3 Å². The highest BCUT2D eigenvalue weighted by atomic mass is 32.2. The number of aromatic nitrogens is 2. The summed E-state index contributed by atoms with van der Waals surface area (Å²) in [5.41, 5.74) is 2.90. The fraction of sp³-hybridized carbons (Fsp3) is 0.273. The van der Waals surface area contributed by atoms with Crippen LogP contribution >= 0.6 is 11.8 Å². The quantitative estimate of drug-likeness (QED) is 0.586. The average molecular weight is 425 g/mol. The normalized spacial score (nSPS) is 13.8. The van der Waals surface area contributed by atoms with E-state index in [1.54, 1.807) is 13.3 Å². The van der Waals surface area contributed by atoms with Crippen LogP contribution in [0.1, 0.15) is 0 Å². The summed E-state index contributed by atoms with van der Waals surface area (Å²) in [6.07, 6.45) is 3.61. The number of carbonyl (C=O) groups excluding carboxylic acids is 1. The van der Waals surface area contributed by atoms with Crippen LogP contribution in [0.2, 0.25) is 0 Å². The van der Waals surface area contributed by atoms with E-state index >= 15 is 0 Å². The third kappa shape index (κ3) is 4.95. The van der Waals surface area contributed by atoms with Crippen molar-refractivity contribution in [3.05, 3.63) is 60.9 Å². The molecule has 2 heterocycles. The van der Waals surface area contributed by atoms with Gasteiger partial charge in [0.05, 0.1) is 26.1 Å². The zero-order valence-corrected chi connectivity index (χ0v) is 17.6. The maximum Gasteiger partial charge on any atom is 0.234 e. The molecule has 7 nitrogen and oxygen atoms in total. The Bertz CT molecular complexity index is 967. The first kappa shape index (κ1) is 20.3. The molecule has 0 spiro atoms. The van der Waals surface area contributed by atoms with Crippen molar-refractivity contribution in [2.75, 3.05) is 49.4 Å². The molecular weight excluding hydrogens is 400 g/mol. The summed E-state index contributed by atoms with van der Waals surface area (Å²) < 4.78 is 12.5. The molecule has 30 heavy (non-hydrogen) atoms. The van der Waals surface area contributed by atoms with E-state index in [1.165, 1.54) is 11.8 Å². The molecule has 1 fully saturated rings. The maximum atomic E-state index is 12.4. The van der Waals surface area contributed by atoms with Gasteiger partial charge in [0.1, 0.15) is 5.75 Å². The Morgan fingerprint density at radius 1 is 1.10 bits per heavy atom. The molecule has 2 aromatic carbocycles. The number of carbonyl (C=O) groups is 1. The van der Waals surface area contributed by atoms with Crippen LogP contribution in [0.4, 0.5) is 11.4 Å². The highest BCUT2D eigenvalue weighted by Gasteiger charge is 2.12. The van der Waals surface area contributed by atoms with Gasteiger partial charge in [0.2, 0.25) is 5.91 Å².